The van der Waals surface area contributed by atoms with Crippen molar-refractivity contribution in [3.8, 4) is 5.75 Å². The Hall–Kier alpha value is -2.37. The Labute approximate surface area is 110 Å². The molecular weight excluding hydrogens is 246 g/mol. The van der Waals surface area contributed by atoms with Gasteiger partial charge in [-0.05, 0) is 17.7 Å². The van der Waals surface area contributed by atoms with Crippen molar-refractivity contribution in [2.24, 2.45) is 11.0 Å². The summed E-state index contributed by atoms with van der Waals surface area (Å²) in [6, 6.07) is 6.77. The van der Waals surface area contributed by atoms with E-state index in [0.29, 0.717) is 0 Å². The van der Waals surface area contributed by atoms with Crippen LogP contribution >= 0.6 is 0 Å². The van der Waals surface area contributed by atoms with E-state index in [0.717, 1.165) is 11.3 Å². The number of hydrogen-bond acceptors (Lipinski definition) is 5. The normalized spacial score (nSPS) is 24.6. The summed E-state index contributed by atoms with van der Waals surface area (Å²) in [5.74, 6) is -0.123. The molecule has 6 heteroatoms. The molecule has 6 nitrogen and oxygen atoms in total. The molecule has 1 saturated heterocycles. The van der Waals surface area contributed by atoms with Gasteiger partial charge in [0.2, 0.25) is 5.91 Å². The first-order valence-corrected chi connectivity index (χ1v) is 5.97. The number of hydrogen-bond donors (Lipinski definition) is 1. The van der Waals surface area contributed by atoms with Crippen LogP contribution in [-0.4, -0.2) is 36.1 Å². The predicted octanol–water partition coefficient (Wildman–Crippen LogP) is 0.138. The zero-order valence-electron chi connectivity index (χ0n) is 10.4. The summed E-state index contributed by atoms with van der Waals surface area (Å²) >= 11 is 0. The van der Waals surface area contributed by atoms with E-state index in [1.165, 1.54) is 11.1 Å². The van der Waals surface area contributed by atoms with E-state index in [2.05, 4.69) is 10.5 Å². The Balaban J connectivity index is 1.77. The van der Waals surface area contributed by atoms with Crippen LogP contribution in [0.15, 0.2) is 29.4 Å². The zero-order valence-corrected chi connectivity index (χ0v) is 10.4. The molecule has 2 aliphatic heterocycles. The maximum atomic E-state index is 12.1. The molecule has 19 heavy (non-hydrogen) atoms. The molecule has 0 radical (unpaired) electrons. The van der Waals surface area contributed by atoms with Gasteiger partial charge in [-0.2, -0.15) is 5.10 Å². The van der Waals surface area contributed by atoms with Gasteiger partial charge in [-0.25, -0.2) is 0 Å². The number of fused-ring (bicyclic) bond motifs is 1. The predicted molar refractivity (Wildman–Crippen MR) is 67.5 cm³/mol. The Morgan fingerprint density at radius 1 is 1.26 bits per heavy atom. The number of carbonyl (C=O) groups excluding carboxylic acids is 2. The maximum absolute atomic E-state index is 12.1. The van der Waals surface area contributed by atoms with Gasteiger partial charge < -0.3 is 4.74 Å². The van der Waals surface area contributed by atoms with Crippen LogP contribution in [0.3, 0.4) is 0 Å². The summed E-state index contributed by atoms with van der Waals surface area (Å²) in [5.41, 5.74) is 3.56. The highest BCUT2D eigenvalue weighted by atomic mass is 16.5. The number of methoxy groups -OCH3 is 1. The molecular formula is C13H13N3O3. The van der Waals surface area contributed by atoms with Gasteiger partial charge in [-0.1, -0.05) is 12.1 Å². The number of hydrazone groups is 1. The van der Waals surface area contributed by atoms with Crippen molar-refractivity contribution in [3.05, 3.63) is 29.8 Å². The van der Waals surface area contributed by atoms with Crippen LogP contribution in [0.2, 0.25) is 0 Å². The second-order valence-corrected chi connectivity index (χ2v) is 4.52. The monoisotopic (exact) mass is 259 g/mol. The molecule has 0 spiro atoms. The second-order valence-electron chi connectivity index (χ2n) is 4.52. The Kier molecular flexibility index (Phi) is 2.70. The Morgan fingerprint density at radius 2 is 2.00 bits per heavy atom. The van der Waals surface area contributed by atoms with E-state index < -0.39 is 12.0 Å². The first kappa shape index (κ1) is 11.7. The number of imide groups is 1. The minimum absolute atomic E-state index is 0.195. The molecule has 2 atom stereocenters. The van der Waals surface area contributed by atoms with E-state index in [1.807, 2.05) is 12.1 Å². The van der Waals surface area contributed by atoms with Crippen LogP contribution in [0.25, 0.3) is 0 Å². The molecule has 0 unspecified atom stereocenters. The molecule has 0 saturated carbocycles. The maximum Gasteiger partial charge on any atom is 0.254 e. The molecule has 1 aromatic rings. The van der Waals surface area contributed by atoms with Crippen molar-refractivity contribution in [2.75, 3.05) is 7.11 Å². The zero-order chi connectivity index (χ0) is 13.4. The lowest BCUT2D eigenvalue weighted by molar-refractivity contribution is -0.140. The average molecular weight is 259 g/mol. The molecule has 2 amide bonds. The standard InChI is InChI=1S/C13H13N3O3/c1-19-9-4-2-8(3-5-9)7-16-12(17)10-6-14-15-11(10)13(16)18/h2-6,10-11,15H,7H2,1H3/t10-,11-/m1/s1. The van der Waals surface area contributed by atoms with Crippen LogP contribution in [0.1, 0.15) is 5.56 Å². The highest BCUT2D eigenvalue weighted by Crippen LogP contribution is 2.24. The third-order valence-electron chi connectivity index (χ3n) is 3.39. The van der Waals surface area contributed by atoms with E-state index in [-0.39, 0.29) is 18.4 Å². The highest BCUT2D eigenvalue weighted by molar-refractivity contribution is 6.14. The fourth-order valence-corrected chi connectivity index (χ4v) is 2.31. The summed E-state index contributed by atoms with van der Waals surface area (Å²) in [6.07, 6.45) is 1.50. The number of rotatable bonds is 3. The largest absolute Gasteiger partial charge is 0.497 e. The summed E-state index contributed by atoms with van der Waals surface area (Å²) < 4.78 is 5.07. The number of carbonyl (C=O) groups is 2. The van der Waals surface area contributed by atoms with Crippen LogP contribution in [0.5, 0.6) is 5.75 Å². The molecule has 1 N–H and O–H groups in total. The number of amides is 2. The lowest BCUT2D eigenvalue weighted by Crippen LogP contribution is -2.35. The molecule has 1 aromatic carbocycles. The van der Waals surface area contributed by atoms with E-state index in [1.54, 1.807) is 19.2 Å². The number of nitrogens with one attached hydrogen (secondary N) is 1. The molecule has 0 bridgehead atoms. The summed E-state index contributed by atoms with van der Waals surface area (Å²) in [4.78, 5) is 25.4. The van der Waals surface area contributed by atoms with Gasteiger partial charge in [0, 0.05) is 6.21 Å². The minimum atomic E-state index is -0.522. The van der Waals surface area contributed by atoms with Crippen LogP contribution in [-0.2, 0) is 16.1 Å². The lowest BCUT2D eigenvalue weighted by atomic mass is 10.1. The lowest BCUT2D eigenvalue weighted by Gasteiger charge is -2.15. The van der Waals surface area contributed by atoms with Crippen molar-refractivity contribution in [1.29, 1.82) is 0 Å². The molecule has 2 heterocycles. The van der Waals surface area contributed by atoms with Gasteiger partial charge in [0.15, 0.2) is 0 Å². The third kappa shape index (κ3) is 1.85. The molecule has 3 rings (SSSR count). The Bertz CT molecular complexity index is 553. The second kappa shape index (κ2) is 4.38. The van der Waals surface area contributed by atoms with Crippen LogP contribution in [0.4, 0.5) is 0 Å². The van der Waals surface area contributed by atoms with Crippen molar-refractivity contribution < 1.29 is 14.3 Å². The van der Waals surface area contributed by atoms with Crippen molar-refractivity contribution in [3.63, 3.8) is 0 Å². The molecule has 1 fully saturated rings. The van der Waals surface area contributed by atoms with Gasteiger partial charge in [0.1, 0.15) is 17.7 Å². The first-order valence-electron chi connectivity index (χ1n) is 5.97. The SMILES string of the molecule is COc1ccc(CN2C(=O)[C@@H]3C=NN[C@H]3C2=O)cc1. The first-order chi connectivity index (χ1) is 9.20. The smallest absolute Gasteiger partial charge is 0.254 e. The van der Waals surface area contributed by atoms with Crippen LogP contribution < -0.4 is 10.2 Å². The number of nitrogens with zero attached hydrogens (tertiary/aromatic N) is 2. The molecule has 0 aliphatic carbocycles. The third-order valence-corrected chi connectivity index (χ3v) is 3.39. The average Bonchev–Trinajstić information content (AvgIpc) is 3.00. The fraction of sp³-hybridized carbons (Fsp3) is 0.308. The molecule has 2 aliphatic rings. The van der Waals surface area contributed by atoms with Crippen molar-refractivity contribution >= 4 is 18.0 Å². The van der Waals surface area contributed by atoms with Gasteiger partial charge in [0.25, 0.3) is 5.91 Å². The Morgan fingerprint density at radius 3 is 2.63 bits per heavy atom. The quantitative estimate of drug-likeness (QED) is 0.784. The number of ether oxygens (including phenoxy) is 1. The molecule has 98 valence electrons. The summed E-state index contributed by atoms with van der Waals surface area (Å²) in [6.45, 7) is 0.282. The van der Waals surface area contributed by atoms with E-state index >= 15 is 0 Å². The summed E-state index contributed by atoms with van der Waals surface area (Å²) in [7, 11) is 1.59. The summed E-state index contributed by atoms with van der Waals surface area (Å²) in [5, 5.41) is 3.77. The highest BCUT2D eigenvalue weighted by Gasteiger charge is 2.48. The van der Waals surface area contributed by atoms with Crippen LogP contribution in [0, 0.1) is 5.92 Å². The van der Waals surface area contributed by atoms with E-state index in [4.69, 9.17) is 4.74 Å². The number of likely N-dealkylation sites (tertiary alicyclic amines) is 1. The topological polar surface area (TPSA) is 71.0 Å². The van der Waals surface area contributed by atoms with E-state index in [9.17, 15) is 9.59 Å². The van der Waals surface area contributed by atoms with Gasteiger partial charge in [-0.15, -0.1) is 0 Å². The minimum Gasteiger partial charge on any atom is -0.497 e. The van der Waals surface area contributed by atoms with Crippen molar-refractivity contribution in [1.82, 2.24) is 10.3 Å². The van der Waals surface area contributed by atoms with Crippen molar-refractivity contribution in [2.45, 2.75) is 12.6 Å². The van der Waals surface area contributed by atoms with Gasteiger partial charge >= 0.3 is 0 Å². The van der Waals surface area contributed by atoms with Gasteiger partial charge in [0.05, 0.1) is 13.7 Å². The molecule has 0 aromatic heterocycles. The van der Waals surface area contributed by atoms with Gasteiger partial charge in [-0.3, -0.25) is 19.9 Å². The fourth-order valence-electron chi connectivity index (χ4n) is 2.31. The number of benzene rings is 1.